The first kappa shape index (κ1) is 15.6. The zero-order chi connectivity index (χ0) is 17.6. The summed E-state index contributed by atoms with van der Waals surface area (Å²) in [5.74, 6) is 0.933. The number of thioether (sulfide) groups is 1. The second-order valence-corrected chi connectivity index (χ2v) is 6.82. The van der Waals surface area contributed by atoms with Gasteiger partial charge in [0, 0.05) is 23.0 Å². The monoisotopic (exact) mass is 370 g/mol. The van der Waals surface area contributed by atoms with Crippen molar-refractivity contribution in [1.29, 1.82) is 5.26 Å². The number of aromatic nitrogens is 3. The third-order valence-electron chi connectivity index (χ3n) is 3.81. The molecular weight excluding hydrogens is 360 g/mol. The standard InChI is InChI=1S/C16H11ClN6OS/c17-7-1-2-10-8(5-7)13(25-16-21-3-4-22-16)11-12(19)9(6-18)14(20)23-15(11)24-10/h1-5,13H,(H,21,22)(H4,19,20,23). The van der Waals surface area contributed by atoms with Crippen molar-refractivity contribution in [2.24, 2.45) is 0 Å². The first-order valence-corrected chi connectivity index (χ1v) is 8.46. The van der Waals surface area contributed by atoms with Crippen LogP contribution in [0.15, 0.2) is 35.7 Å². The highest BCUT2D eigenvalue weighted by Crippen LogP contribution is 2.53. The normalized spacial score (nSPS) is 15.0. The van der Waals surface area contributed by atoms with Crippen molar-refractivity contribution in [3.8, 4) is 17.7 Å². The van der Waals surface area contributed by atoms with Crippen molar-refractivity contribution in [3.63, 3.8) is 0 Å². The van der Waals surface area contributed by atoms with Crippen molar-refractivity contribution >= 4 is 34.9 Å². The molecule has 5 N–H and O–H groups in total. The lowest BCUT2D eigenvalue weighted by Gasteiger charge is -2.28. The number of hydrogen-bond donors (Lipinski definition) is 3. The van der Waals surface area contributed by atoms with Gasteiger partial charge in [-0.2, -0.15) is 10.2 Å². The zero-order valence-electron chi connectivity index (χ0n) is 12.7. The van der Waals surface area contributed by atoms with Gasteiger partial charge in [-0.05, 0) is 18.2 Å². The van der Waals surface area contributed by atoms with E-state index in [0.717, 1.165) is 5.56 Å². The summed E-state index contributed by atoms with van der Waals surface area (Å²) in [7, 11) is 0. The molecule has 3 aromatic rings. The molecular formula is C16H11ClN6OS. The molecule has 0 amide bonds. The lowest BCUT2D eigenvalue weighted by atomic mass is 9.98. The molecule has 124 valence electrons. The Balaban J connectivity index is 1.95. The number of H-pyrrole nitrogens is 1. The van der Waals surface area contributed by atoms with Crippen LogP contribution in [0.1, 0.15) is 21.9 Å². The Morgan fingerprint density at radius 2 is 2.20 bits per heavy atom. The lowest BCUT2D eigenvalue weighted by Crippen LogP contribution is -2.15. The van der Waals surface area contributed by atoms with E-state index in [2.05, 4.69) is 15.0 Å². The number of nitrogen functional groups attached to an aromatic ring is 2. The van der Waals surface area contributed by atoms with E-state index in [1.165, 1.54) is 11.8 Å². The largest absolute Gasteiger partial charge is 0.438 e. The molecule has 0 aliphatic carbocycles. The van der Waals surface area contributed by atoms with Crippen LogP contribution in [-0.4, -0.2) is 15.0 Å². The fourth-order valence-corrected chi connectivity index (χ4v) is 4.01. The summed E-state index contributed by atoms with van der Waals surface area (Å²) in [5.41, 5.74) is 13.9. The number of nitrogens with two attached hydrogens (primary N) is 2. The fraction of sp³-hybridized carbons (Fsp3) is 0.0625. The topological polar surface area (TPSA) is 127 Å². The van der Waals surface area contributed by atoms with Gasteiger partial charge in [-0.15, -0.1) is 0 Å². The van der Waals surface area contributed by atoms with Gasteiger partial charge in [0.05, 0.1) is 16.5 Å². The Morgan fingerprint density at radius 1 is 1.36 bits per heavy atom. The van der Waals surface area contributed by atoms with Crippen LogP contribution in [0, 0.1) is 11.3 Å². The Bertz CT molecular complexity index is 1010. The van der Waals surface area contributed by atoms with Gasteiger partial charge >= 0.3 is 0 Å². The maximum absolute atomic E-state index is 9.35. The fourth-order valence-electron chi connectivity index (χ4n) is 2.69. The number of nitrogens with one attached hydrogen (secondary N) is 1. The molecule has 1 aromatic carbocycles. The van der Waals surface area contributed by atoms with E-state index in [0.29, 0.717) is 21.5 Å². The summed E-state index contributed by atoms with van der Waals surface area (Å²) < 4.78 is 5.86. The highest BCUT2D eigenvalue weighted by atomic mass is 35.5. The number of rotatable bonds is 2. The predicted molar refractivity (Wildman–Crippen MR) is 95.6 cm³/mol. The number of imidazole rings is 1. The van der Waals surface area contributed by atoms with Gasteiger partial charge in [0.25, 0.3) is 0 Å². The Kier molecular flexibility index (Phi) is 3.67. The predicted octanol–water partition coefficient (Wildman–Crippen LogP) is 3.48. The average Bonchev–Trinajstić information content (AvgIpc) is 3.08. The average molecular weight is 371 g/mol. The van der Waals surface area contributed by atoms with E-state index in [-0.39, 0.29) is 28.2 Å². The first-order chi connectivity index (χ1) is 12.1. The van der Waals surface area contributed by atoms with E-state index >= 15 is 0 Å². The number of nitriles is 1. The number of benzene rings is 1. The first-order valence-electron chi connectivity index (χ1n) is 7.20. The van der Waals surface area contributed by atoms with Crippen LogP contribution in [-0.2, 0) is 0 Å². The molecule has 3 heterocycles. The van der Waals surface area contributed by atoms with Crippen LogP contribution in [0.2, 0.25) is 5.02 Å². The van der Waals surface area contributed by atoms with E-state index in [1.54, 1.807) is 24.5 Å². The van der Waals surface area contributed by atoms with Crippen LogP contribution in [0.3, 0.4) is 0 Å². The van der Waals surface area contributed by atoms with Gasteiger partial charge in [0.2, 0.25) is 5.88 Å². The minimum atomic E-state index is -0.302. The summed E-state index contributed by atoms with van der Waals surface area (Å²) in [6, 6.07) is 7.31. The van der Waals surface area contributed by atoms with Gasteiger partial charge in [-0.3, -0.25) is 0 Å². The Labute approximate surface area is 152 Å². The molecule has 9 heteroatoms. The highest BCUT2D eigenvalue weighted by Gasteiger charge is 2.34. The molecule has 0 radical (unpaired) electrons. The second-order valence-electron chi connectivity index (χ2n) is 5.29. The number of fused-ring (bicyclic) bond motifs is 2. The molecule has 1 aliphatic rings. The van der Waals surface area contributed by atoms with Gasteiger partial charge < -0.3 is 21.2 Å². The maximum atomic E-state index is 9.35. The molecule has 1 atom stereocenters. The summed E-state index contributed by atoms with van der Waals surface area (Å²) >= 11 is 7.60. The van der Waals surface area contributed by atoms with Crippen LogP contribution >= 0.6 is 23.4 Å². The van der Waals surface area contributed by atoms with Gasteiger partial charge in [-0.25, -0.2) is 4.98 Å². The van der Waals surface area contributed by atoms with Crippen LogP contribution in [0.5, 0.6) is 11.6 Å². The highest BCUT2D eigenvalue weighted by molar-refractivity contribution is 7.99. The molecule has 0 saturated heterocycles. The number of aromatic amines is 1. The molecule has 0 fully saturated rings. The summed E-state index contributed by atoms with van der Waals surface area (Å²) in [6.07, 6.45) is 3.39. The smallest absolute Gasteiger partial charge is 0.228 e. The van der Waals surface area contributed by atoms with Crippen LogP contribution < -0.4 is 16.2 Å². The number of anilines is 2. The van der Waals surface area contributed by atoms with Gasteiger partial charge in [0.1, 0.15) is 23.2 Å². The van der Waals surface area contributed by atoms with Crippen molar-refractivity contribution in [3.05, 3.63) is 52.3 Å². The quantitative estimate of drug-likeness (QED) is 0.630. The Hall–Kier alpha value is -2.89. The molecule has 1 aliphatic heterocycles. The van der Waals surface area contributed by atoms with Crippen LogP contribution in [0.4, 0.5) is 11.5 Å². The number of nitrogens with zero attached hydrogens (tertiary/aromatic N) is 3. The third kappa shape index (κ3) is 2.54. The van der Waals surface area contributed by atoms with Crippen molar-refractivity contribution in [1.82, 2.24) is 15.0 Å². The molecule has 0 spiro atoms. The molecule has 1 unspecified atom stereocenters. The van der Waals surface area contributed by atoms with E-state index in [1.807, 2.05) is 12.1 Å². The number of pyridine rings is 1. The van der Waals surface area contributed by atoms with Gasteiger partial charge in [0.15, 0.2) is 5.16 Å². The van der Waals surface area contributed by atoms with Crippen molar-refractivity contribution in [2.75, 3.05) is 11.5 Å². The Morgan fingerprint density at radius 3 is 2.92 bits per heavy atom. The molecule has 4 rings (SSSR count). The zero-order valence-corrected chi connectivity index (χ0v) is 14.2. The summed E-state index contributed by atoms with van der Waals surface area (Å²) in [5, 5.41) is 10.3. The lowest BCUT2D eigenvalue weighted by molar-refractivity contribution is 0.441. The number of ether oxygens (including phenoxy) is 1. The summed E-state index contributed by atoms with van der Waals surface area (Å²) in [6.45, 7) is 0. The van der Waals surface area contributed by atoms with Crippen molar-refractivity contribution in [2.45, 2.75) is 10.4 Å². The number of halogens is 1. The van der Waals surface area contributed by atoms with Gasteiger partial charge in [-0.1, -0.05) is 23.4 Å². The minimum Gasteiger partial charge on any atom is -0.438 e. The van der Waals surface area contributed by atoms with E-state index < -0.39 is 0 Å². The van der Waals surface area contributed by atoms with E-state index in [9.17, 15) is 5.26 Å². The minimum absolute atomic E-state index is 0.0397. The van der Waals surface area contributed by atoms with Crippen LogP contribution in [0.25, 0.3) is 0 Å². The third-order valence-corrected chi connectivity index (χ3v) is 5.21. The molecule has 2 aromatic heterocycles. The molecule has 0 bridgehead atoms. The molecule has 25 heavy (non-hydrogen) atoms. The van der Waals surface area contributed by atoms with E-state index in [4.69, 9.17) is 27.8 Å². The number of hydrogen-bond acceptors (Lipinski definition) is 7. The molecule has 0 saturated carbocycles. The summed E-state index contributed by atoms with van der Waals surface area (Å²) in [4.78, 5) is 11.5. The molecule has 7 nitrogen and oxygen atoms in total. The second kappa shape index (κ2) is 5.88. The SMILES string of the molecule is N#Cc1c(N)nc2c(c1N)C(Sc1ncc[nH]1)c1cc(Cl)ccc1O2. The van der Waals surface area contributed by atoms with Crippen molar-refractivity contribution < 1.29 is 4.74 Å². The maximum Gasteiger partial charge on any atom is 0.228 e.